The van der Waals surface area contributed by atoms with Gasteiger partial charge in [0, 0.05) is 13.9 Å². The van der Waals surface area contributed by atoms with Crippen molar-refractivity contribution in [2.24, 2.45) is 31.8 Å². The Morgan fingerprint density at radius 3 is 0.868 bits per heavy atom. The normalized spacial score (nSPS) is 16.8. The van der Waals surface area contributed by atoms with E-state index in [0.717, 1.165) is 0 Å². The minimum absolute atomic E-state index is 0.570. The largest absolute Gasteiger partial charge is 0.307 e. The topological polar surface area (TPSA) is 119 Å². The summed E-state index contributed by atoms with van der Waals surface area (Å²) in [4.78, 5) is 0. The van der Waals surface area contributed by atoms with Crippen LogP contribution in [0.25, 0.3) is 0 Å². The van der Waals surface area contributed by atoms with Crippen LogP contribution >= 0.6 is 51.8 Å². The smallest absolute Gasteiger partial charge is 0.276 e. The standard InChI is InChI=1S/C29H84N17P7/c1-29(2,3)30-51(33-48(26,38(6)7)32-49(27,39(8)9)40(10)11,35-52(43(16)17,44(18)19)31-47(24,25)37(4)5)36-53(45(20)21,46(22)23)34-50(28,41(12)13)42(14)15/h1-28H3. The maximum Gasteiger partial charge on any atom is 0.307 e. The van der Waals surface area contributed by atoms with Crippen molar-refractivity contribution in [3.05, 3.63) is 0 Å². The first kappa shape index (κ1) is 54.2. The molecule has 0 aromatic rings. The van der Waals surface area contributed by atoms with E-state index in [-0.39, 0.29) is 0 Å². The fourth-order valence-corrected chi connectivity index (χ4v) is 32.3. The van der Waals surface area contributed by atoms with E-state index in [2.05, 4.69) is 242 Å². The third kappa shape index (κ3) is 13.1. The van der Waals surface area contributed by atoms with Gasteiger partial charge in [-0.3, -0.25) is 28.0 Å². The number of hydrogen-bond donors (Lipinski definition) is 0. The predicted octanol–water partition coefficient (Wildman–Crippen LogP) is 9.60. The van der Waals surface area contributed by atoms with Gasteiger partial charge in [0.05, 0.1) is 5.54 Å². The van der Waals surface area contributed by atoms with E-state index in [0.29, 0.717) is 0 Å². The highest BCUT2D eigenvalue weighted by Crippen LogP contribution is 2.81. The number of nitrogens with zero attached hydrogens (tertiary/aromatic N) is 17. The Balaban J connectivity index is 10.7. The summed E-state index contributed by atoms with van der Waals surface area (Å²) in [5.74, 6) is 0. The van der Waals surface area contributed by atoms with Gasteiger partial charge < -0.3 is 0 Å². The van der Waals surface area contributed by atoms with E-state index < -0.39 is 57.3 Å². The van der Waals surface area contributed by atoms with E-state index >= 15 is 0 Å². The quantitative estimate of drug-likeness (QED) is 0.139. The van der Waals surface area contributed by atoms with Crippen LogP contribution in [-0.4, -0.2) is 227 Å². The van der Waals surface area contributed by atoms with Crippen LogP contribution in [0, 0.1) is 0 Å². The summed E-state index contributed by atoms with van der Waals surface area (Å²) in [7, 11) is 23.3. The third-order valence-corrected chi connectivity index (χ3v) is 37.7. The Kier molecular flexibility index (Phi) is 20.0. The van der Waals surface area contributed by atoms with Crippen LogP contribution in [-0.2, 0) is 0 Å². The molecule has 0 N–H and O–H groups in total. The molecule has 53 heavy (non-hydrogen) atoms. The Morgan fingerprint density at radius 1 is 0.321 bits per heavy atom. The Bertz CT molecular complexity index is 1590. The van der Waals surface area contributed by atoms with E-state index in [1.165, 1.54) is 0 Å². The summed E-state index contributed by atoms with van der Waals surface area (Å²) < 4.78 is 63.7. The van der Waals surface area contributed by atoms with Crippen LogP contribution in [0.4, 0.5) is 0 Å². The second-order valence-electron chi connectivity index (χ2n) is 16.8. The van der Waals surface area contributed by atoms with Crippen LogP contribution in [0.2, 0.25) is 0 Å². The fourth-order valence-electron chi connectivity index (χ4n) is 4.59. The molecule has 0 saturated heterocycles. The summed E-state index contributed by atoms with van der Waals surface area (Å²) >= 11 is 0. The molecule has 0 aromatic heterocycles. The predicted molar refractivity (Wildman–Crippen MR) is 252 cm³/mol. The summed E-state index contributed by atoms with van der Waals surface area (Å²) in [6.07, 6.45) is 0. The maximum atomic E-state index is 6.11. The van der Waals surface area contributed by atoms with Gasteiger partial charge in [-0.15, -0.1) is 0 Å². The molecule has 2 unspecified atom stereocenters. The number of hydrogen-bond acceptors (Lipinski definition) is 1. The zero-order valence-corrected chi connectivity index (χ0v) is 45.5. The Hall–Kier alpha value is 1.21. The van der Waals surface area contributed by atoms with Gasteiger partial charge in [0.15, 0.2) is 0 Å². The summed E-state index contributed by atoms with van der Waals surface area (Å²) in [6, 6.07) is 0. The maximum absolute atomic E-state index is 6.11. The van der Waals surface area contributed by atoms with Crippen LogP contribution in [0.15, 0.2) is 31.8 Å². The summed E-state index contributed by atoms with van der Waals surface area (Å²) in [5, 5.41) is 0. The fraction of sp³-hybridized carbons (Fsp3) is 1.00. The van der Waals surface area contributed by atoms with E-state index in [1.54, 1.807) is 0 Å². The van der Waals surface area contributed by atoms with Gasteiger partial charge in [-0.05, 0) is 188 Å². The van der Waals surface area contributed by atoms with E-state index in [1.807, 2.05) is 0 Å². The molecule has 0 aromatic carbocycles. The summed E-state index contributed by atoms with van der Waals surface area (Å²) in [5.41, 5.74) is -0.570. The van der Waals surface area contributed by atoms with Crippen molar-refractivity contribution >= 4 is 51.8 Å². The lowest BCUT2D eigenvalue weighted by Gasteiger charge is -2.42. The van der Waals surface area contributed by atoms with Crippen LogP contribution in [0.1, 0.15) is 20.8 Å². The molecule has 0 saturated carbocycles. The Morgan fingerprint density at radius 2 is 0.623 bits per heavy atom. The minimum atomic E-state index is -3.54. The first-order valence-corrected chi connectivity index (χ1v) is 31.2. The van der Waals surface area contributed by atoms with Gasteiger partial charge in [-0.1, -0.05) is 0 Å². The molecular formula is C29H84N17P7. The highest BCUT2D eigenvalue weighted by Gasteiger charge is 2.41. The van der Waals surface area contributed by atoms with Crippen molar-refractivity contribution in [3.63, 3.8) is 0 Å². The van der Waals surface area contributed by atoms with Crippen LogP contribution in [0.3, 0.4) is 0 Å². The molecule has 0 spiro atoms. The number of rotatable bonds is 16. The van der Waals surface area contributed by atoms with E-state index in [4.69, 9.17) is 31.8 Å². The molecule has 17 nitrogen and oxygen atoms in total. The average Bonchev–Trinajstić information content (AvgIpc) is 2.93. The molecular weight excluding hydrogens is 803 g/mol. The molecule has 0 aliphatic carbocycles. The molecule has 0 aliphatic rings. The minimum Gasteiger partial charge on any atom is -0.276 e. The lowest BCUT2D eigenvalue weighted by Crippen LogP contribution is -2.24. The molecule has 0 aliphatic heterocycles. The highest BCUT2D eigenvalue weighted by molar-refractivity contribution is 7.84. The molecule has 0 bridgehead atoms. The highest BCUT2D eigenvalue weighted by atomic mass is 31.3. The molecule has 0 amide bonds. The monoisotopic (exact) mass is 888 g/mol. The van der Waals surface area contributed by atoms with Crippen molar-refractivity contribution in [2.45, 2.75) is 26.3 Å². The molecule has 0 radical (unpaired) electrons. The van der Waals surface area contributed by atoms with Crippen molar-refractivity contribution in [2.75, 3.05) is 174 Å². The van der Waals surface area contributed by atoms with Gasteiger partial charge in [0.1, 0.15) is 22.1 Å². The van der Waals surface area contributed by atoms with Gasteiger partial charge in [-0.25, -0.2) is 37.0 Å². The van der Waals surface area contributed by atoms with Gasteiger partial charge in [0.25, 0.3) is 0 Å². The first-order chi connectivity index (χ1) is 23.4. The van der Waals surface area contributed by atoms with Gasteiger partial charge >= 0.3 is 7.51 Å². The zero-order valence-electron chi connectivity index (χ0n) is 39.2. The van der Waals surface area contributed by atoms with E-state index in [9.17, 15) is 0 Å². The zero-order chi connectivity index (χ0) is 42.7. The van der Waals surface area contributed by atoms with Crippen molar-refractivity contribution in [1.29, 1.82) is 0 Å². The lowest BCUT2D eigenvalue weighted by molar-refractivity contribution is 0.549. The van der Waals surface area contributed by atoms with Gasteiger partial charge in [-0.2, -0.15) is 13.5 Å². The van der Waals surface area contributed by atoms with Crippen LogP contribution in [0.5, 0.6) is 0 Å². The Labute approximate surface area is 329 Å². The lowest BCUT2D eigenvalue weighted by atomic mass is 10.1. The second-order valence-corrected chi connectivity index (χ2v) is 40.4. The SMILES string of the molecule is CN(C)P(C)(C)=NP(=NP(=NC(C)(C)C)(N=P(C)(N=P(C)(N(C)C)N(C)C)N(C)C)N=P(N=P(C)(N(C)C)N(C)C)(N(C)C)N(C)C)(N(C)C)N(C)C. The van der Waals surface area contributed by atoms with Crippen molar-refractivity contribution in [1.82, 2.24) is 46.7 Å². The second kappa shape index (κ2) is 19.5. The molecule has 0 fully saturated rings. The molecule has 0 heterocycles. The molecule has 24 heteroatoms. The molecule has 0 rings (SSSR count). The van der Waals surface area contributed by atoms with Crippen LogP contribution < -0.4 is 0 Å². The van der Waals surface area contributed by atoms with Crippen molar-refractivity contribution < 1.29 is 0 Å². The third-order valence-electron chi connectivity index (χ3n) is 9.09. The first-order valence-electron chi connectivity index (χ1n) is 17.5. The average molecular weight is 888 g/mol. The molecule has 320 valence electrons. The van der Waals surface area contributed by atoms with Crippen molar-refractivity contribution in [3.8, 4) is 0 Å². The summed E-state index contributed by atoms with van der Waals surface area (Å²) in [6.45, 7) is 17.5. The molecule has 2 atom stereocenters. The van der Waals surface area contributed by atoms with Gasteiger partial charge in [0.2, 0.25) is 15.0 Å².